The molecule has 0 spiro atoms. The number of aromatic amines is 1. The number of rotatable bonds is 8. The Bertz CT molecular complexity index is 1190. The minimum atomic E-state index is -4.03. The average Bonchev–Trinajstić information content (AvgIpc) is 3.14. The SMILES string of the molecule is O=C(O)[C@@H](Cc1c[nH]c2ccccc12)NS(=O)(=O)c1ccc(C#CCCCO)cc1. The summed E-state index contributed by atoms with van der Waals surface area (Å²) in [7, 11) is -4.03. The Labute approximate surface area is 174 Å². The average molecular weight is 426 g/mol. The first kappa shape index (κ1) is 21.6. The predicted molar refractivity (Wildman–Crippen MR) is 113 cm³/mol. The molecule has 0 aliphatic carbocycles. The summed E-state index contributed by atoms with van der Waals surface area (Å²) in [5, 5.41) is 19.2. The van der Waals surface area contributed by atoms with E-state index in [1.807, 2.05) is 24.3 Å². The molecule has 0 radical (unpaired) electrons. The van der Waals surface area contributed by atoms with Crippen LogP contribution < -0.4 is 4.72 Å². The number of H-pyrrole nitrogens is 1. The Kier molecular flexibility index (Phi) is 6.90. The number of unbranched alkanes of at least 4 members (excludes halogenated alkanes) is 1. The van der Waals surface area contributed by atoms with Crippen LogP contribution in [0.4, 0.5) is 0 Å². The number of fused-ring (bicyclic) bond motifs is 1. The van der Waals surface area contributed by atoms with Crippen molar-refractivity contribution in [3.8, 4) is 11.8 Å². The van der Waals surface area contributed by atoms with Gasteiger partial charge in [-0.25, -0.2) is 8.42 Å². The lowest BCUT2D eigenvalue weighted by Gasteiger charge is -2.14. The number of benzene rings is 2. The van der Waals surface area contributed by atoms with Gasteiger partial charge >= 0.3 is 5.97 Å². The van der Waals surface area contributed by atoms with Crippen LogP contribution in [0.15, 0.2) is 59.6 Å². The van der Waals surface area contributed by atoms with Crippen LogP contribution in [0.1, 0.15) is 24.0 Å². The quantitative estimate of drug-likeness (QED) is 0.325. The van der Waals surface area contributed by atoms with E-state index in [1.54, 1.807) is 18.3 Å². The number of sulfonamides is 1. The molecule has 0 bridgehead atoms. The van der Waals surface area contributed by atoms with E-state index in [2.05, 4.69) is 21.5 Å². The van der Waals surface area contributed by atoms with Crippen molar-refractivity contribution >= 4 is 26.9 Å². The van der Waals surface area contributed by atoms with Gasteiger partial charge in [0, 0.05) is 42.1 Å². The molecule has 0 aliphatic heterocycles. The molecule has 7 nitrogen and oxygen atoms in total. The molecule has 8 heteroatoms. The van der Waals surface area contributed by atoms with Gasteiger partial charge in [0.25, 0.3) is 0 Å². The van der Waals surface area contributed by atoms with Gasteiger partial charge in [-0.3, -0.25) is 4.79 Å². The highest BCUT2D eigenvalue weighted by Crippen LogP contribution is 2.20. The van der Waals surface area contributed by atoms with Gasteiger partial charge in [0.15, 0.2) is 0 Å². The van der Waals surface area contributed by atoms with E-state index in [0.29, 0.717) is 24.0 Å². The van der Waals surface area contributed by atoms with Gasteiger partial charge in [0.1, 0.15) is 6.04 Å². The molecule has 2 aromatic carbocycles. The number of hydrogen-bond acceptors (Lipinski definition) is 4. The second-order valence-corrected chi connectivity index (χ2v) is 8.44. The topological polar surface area (TPSA) is 119 Å². The van der Waals surface area contributed by atoms with E-state index in [4.69, 9.17) is 5.11 Å². The highest BCUT2D eigenvalue weighted by Gasteiger charge is 2.26. The van der Waals surface area contributed by atoms with Crippen LogP contribution >= 0.6 is 0 Å². The Morgan fingerprint density at radius 2 is 1.87 bits per heavy atom. The summed E-state index contributed by atoms with van der Waals surface area (Å²) in [4.78, 5) is 14.8. The van der Waals surface area contributed by atoms with Gasteiger partial charge in [-0.05, 0) is 42.3 Å². The number of para-hydroxylation sites is 1. The molecule has 1 atom stereocenters. The summed E-state index contributed by atoms with van der Waals surface area (Å²) in [6, 6.07) is 12.0. The molecule has 4 N–H and O–H groups in total. The molecule has 0 saturated carbocycles. The van der Waals surface area contributed by atoms with E-state index in [9.17, 15) is 18.3 Å². The summed E-state index contributed by atoms with van der Waals surface area (Å²) in [5.41, 5.74) is 2.21. The van der Waals surface area contributed by atoms with Crippen molar-refractivity contribution in [3.05, 3.63) is 65.9 Å². The number of aliphatic hydroxyl groups excluding tert-OH is 1. The zero-order chi connectivity index (χ0) is 21.6. The number of aliphatic hydroxyl groups is 1. The van der Waals surface area contributed by atoms with Crippen molar-refractivity contribution in [1.82, 2.24) is 9.71 Å². The summed E-state index contributed by atoms with van der Waals surface area (Å²) in [6.07, 6.45) is 2.83. The molecule has 0 aliphatic rings. The maximum Gasteiger partial charge on any atom is 0.322 e. The van der Waals surface area contributed by atoms with Crippen LogP contribution in [0, 0.1) is 11.8 Å². The van der Waals surface area contributed by atoms with E-state index in [1.165, 1.54) is 12.1 Å². The van der Waals surface area contributed by atoms with Crippen LogP contribution in [-0.4, -0.2) is 42.2 Å². The van der Waals surface area contributed by atoms with Crippen molar-refractivity contribution in [1.29, 1.82) is 0 Å². The summed E-state index contributed by atoms with van der Waals surface area (Å²) in [5.74, 6) is 4.53. The number of carboxylic acid groups (broad SMARTS) is 1. The number of aromatic nitrogens is 1. The summed E-state index contributed by atoms with van der Waals surface area (Å²) < 4.78 is 27.7. The van der Waals surface area contributed by atoms with E-state index < -0.39 is 22.0 Å². The van der Waals surface area contributed by atoms with Gasteiger partial charge in [-0.1, -0.05) is 30.0 Å². The smallest absolute Gasteiger partial charge is 0.322 e. The number of nitrogens with one attached hydrogen (secondary N) is 2. The summed E-state index contributed by atoms with van der Waals surface area (Å²) >= 11 is 0. The minimum Gasteiger partial charge on any atom is -0.480 e. The first-order chi connectivity index (χ1) is 14.4. The number of aliphatic carboxylic acids is 1. The Morgan fingerprint density at radius 1 is 1.13 bits per heavy atom. The van der Waals surface area contributed by atoms with Gasteiger partial charge < -0.3 is 15.2 Å². The van der Waals surface area contributed by atoms with E-state index in [-0.39, 0.29) is 17.9 Å². The third-order valence-corrected chi connectivity index (χ3v) is 6.04. The van der Waals surface area contributed by atoms with Crippen molar-refractivity contribution in [2.75, 3.05) is 6.61 Å². The predicted octanol–water partition coefficient (Wildman–Crippen LogP) is 2.27. The lowest BCUT2D eigenvalue weighted by atomic mass is 10.1. The Balaban J connectivity index is 1.75. The second-order valence-electron chi connectivity index (χ2n) is 6.73. The van der Waals surface area contributed by atoms with Crippen LogP contribution in [0.2, 0.25) is 0 Å². The number of carboxylic acids is 1. The fraction of sp³-hybridized carbons (Fsp3) is 0.227. The first-order valence-corrected chi connectivity index (χ1v) is 10.9. The molecular formula is C22H22N2O5S. The van der Waals surface area contributed by atoms with Crippen molar-refractivity contribution in [3.63, 3.8) is 0 Å². The summed E-state index contributed by atoms with van der Waals surface area (Å²) in [6.45, 7) is 0.0703. The van der Waals surface area contributed by atoms with Gasteiger partial charge in [0.2, 0.25) is 10.0 Å². The molecule has 1 heterocycles. The molecule has 0 fully saturated rings. The fourth-order valence-electron chi connectivity index (χ4n) is 3.00. The first-order valence-electron chi connectivity index (χ1n) is 9.40. The largest absolute Gasteiger partial charge is 0.480 e. The third-order valence-electron chi connectivity index (χ3n) is 4.55. The highest BCUT2D eigenvalue weighted by atomic mass is 32.2. The zero-order valence-corrected chi connectivity index (χ0v) is 16.9. The standard InChI is InChI=1S/C22H22N2O5S/c25-13-5-1-2-6-16-9-11-18(12-10-16)30(28,29)24-21(22(26)27)14-17-15-23-20-8-4-3-7-19(17)20/h3-4,7-12,15,21,23-25H,1,5,13-14H2,(H,26,27)/t21-/m1/s1. The van der Waals surface area contributed by atoms with Gasteiger partial charge in [-0.2, -0.15) is 4.72 Å². The van der Waals surface area contributed by atoms with Crippen LogP contribution in [0.3, 0.4) is 0 Å². The molecule has 0 unspecified atom stereocenters. The van der Waals surface area contributed by atoms with Gasteiger partial charge in [-0.15, -0.1) is 0 Å². The van der Waals surface area contributed by atoms with E-state index >= 15 is 0 Å². The zero-order valence-electron chi connectivity index (χ0n) is 16.1. The van der Waals surface area contributed by atoms with Crippen LogP contribution in [-0.2, 0) is 21.2 Å². The normalized spacial score (nSPS) is 12.3. The molecular weight excluding hydrogens is 404 g/mol. The van der Waals surface area contributed by atoms with Crippen LogP contribution in [0.5, 0.6) is 0 Å². The number of hydrogen-bond donors (Lipinski definition) is 4. The lowest BCUT2D eigenvalue weighted by Crippen LogP contribution is -2.42. The van der Waals surface area contributed by atoms with Crippen molar-refractivity contribution < 1.29 is 23.4 Å². The molecule has 30 heavy (non-hydrogen) atoms. The van der Waals surface area contributed by atoms with Gasteiger partial charge in [0.05, 0.1) is 4.90 Å². The van der Waals surface area contributed by atoms with Crippen LogP contribution in [0.25, 0.3) is 10.9 Å². The maximum absolute atomic E-state index is 12.7. The Morgan fingerprint density at radius 3 is 2.57 bits per heavy atom. The molecule has 156 valence electrons. The lowest BCUT2D eigenvalue weighted by molar-refractivity contribution is -0.138. The minimum absolute atomic E-state index is 0.00694. The Hall–Kier alpha value is -3.12. The number of carbonyl (C=O) groups is 1. The third kappa shape index (κ3) is 5.27. The molecule has 3 aromatic rings. The highest BCUT2D eigenvalue weighted by molar-refractivity contribution is 7.89. The fourth-order valence-corrected chi connectivity index (χ4v) is 4.19. The maximum atomic E-state index is 12.7. The van der Waals surface area contributed by atoms with Crippen molar-refractivity contribution in [2.45, 2.75) is 30.2 Å². The van der Waals surface area contributed by atoms with Crippen molar-refractivity contribution in [2.24, 2.45) is 0 Å². The molecule has 3 rings (SSSR count). The molecule has 0 amide bonds. The molecule has 1 aromatic heterocycles. The molecule has 0 saturated heterocycles. The monoisotopic (exact) mass is 426 g/mol. The second kappa shape index (κ2) is 9.59. The van der Waals surface area contributed by atoms with E-state index in [0.717, 1.165) is 10.9 Å².